The summed E-state index contributed by atoms with van der Waals surface area (Å²) in [5, 5.41) is 19.9. The van der Waals surface area contributed by atoms with Gasteiger partial charge in [0.1, 0.15) is 11.3 Å². The molecule has 0 amide bonds. The van der Waals surface area contributed by atoms with Gasteiger partial charge < -0.3 is 19.7 Å². The first kappa shape index (κ1) is 16.6. The zero-order valence-electron chi connectivity index (χ0n) is 13.3. The van der Waals surface area contributed by atoms with Crippen LogP contribution < -0.4 is 4.74 Å². The van der Waals surface area contributed by atoms with Crippen LogP contribution in [0.4, 0.5) is 0 Å². The number of esters is 1. The number of hydrogen-bond donors (Lipinski definition) is 2. The van der Waals surface area contributed by atoms with Gasteiger partial charge in [0.15, 0.2) is 17.3 Å². The van der Waals surface area contributed by atoms with Gasteiger partial charge in [0.2, 0.25) is 0 Å². The van der Waals surface area contributed by atoms with Crippen molar-refractivity contribution >= 4 is 17.8 Å². The molecule has 0 fully saturated rings. The second kappa shape index (κ2) is 7.00. The number of hydrogen-bond acceptors (Lipinski definition) is 6. The molecule has 1 heterocycles. The van der Waals surface area contributed by atoms with Crippen LogP contribution in [0.15, 0.2) is 40.2 Å². The van der Waals surface area contributed by atoms with Crippen LogP contribution in [0.1, 0.15) is 26.3 Å². The van der Waals surface area contributed by atoms with Crippen molar-refractivity contribution in [3.8, 4) is 11.5 Å². The fourth-order valence-corrected chi connectivity index (χ4v) is 2.19. The van der Waals surface area contributed by atoms with Gasteiger partial charge in [-0.1, -0.05) is 6.07 Å². The Morgan fingerprint density at radius 3 is 2.65 bits per heavy atom. The van der Waals surface area contributed by atoms with Gasteiger partial charge in [-0.25, -0.2) is 9.79 Å². The van der Waals surface area contributed by atoms with Gasteiger partial charge in [-0.3, -0.25) is 0 Å². The molecule has 0 saturated carbocycles. The first-order valence-corrected chi connectivity index (χ1v) is 7.31. The molecule has 2 rings (SSSR count). The lowest BCUT2D eigenvalue weighted by atomic mass is 10.1. The first-order chi connectivity index (χ1) is 11.0. The molecule has 1 aromatic carbocycles. The van der Waals surface area contributed by atoms with Crippen LogP contribution in [-0.4, -0.2) is 35.1 Å². The van der Waals surface area contributed by atoms with E-state index in [1.165, 1.54) is 6.07 Å². The smallest absolute Gasteiger partial charge is 0.343 e. The largest absolute Gasteiger partial charge is 0.505 e. The van der Waals surface area contributed by atoms with Crippen LogP contribution in [0, 0.1) is 0 Å². The molecule has 6 nitrogen and oxygen atoms in total. The van der Waals surface area contributed by atoms with Crippen molar-refractivity contribution in [1.29, 1.82) is 0 Å². The lowest BCUT2D eigenvalue weighted by Crippen LogP contribution is -2.13. The molecule has 0 spiro atoms. The Morgan fingerprint density at radius 2 is 2.00 bits per heavy atom. The van der Waals surface area contributed by atoms with E-state index in [0.717, 1.165) is 0 Å². The van der Waals surface area contributed by atoms with E-state index in [2.05, 4.69) is 4.99 Å². The fraction of sp³-hybridized carbons (Fsp3) is 0.294. The molecule has 6 heteroatoms. The molecule has 0 bridgehead atoms. The van der Waals surface area contributed by atoms with E-state index in [4.69, 9.17) is 9.47 Å². The summed E-state index contributed by atoms with van der Waals surface area (Å²) in [7, 11) is 0. The highest BCUT2D eigenvalue weighted by atomic mass is 16.5. The average Bonchev–Trinajstić information content (AvgIpc) is 2.77. The summed E-state index contributed by atoms with van der Waals surface area (Å²) in [5.74, 6) is -0.441. The van der Waals surface area contributed by atoms with Gasteiger partial charge in [0.05, 0.1) is 18.9 Å². The van der Waals surface area contributed by atoms with Crippen LogP contribution in [-0.2, 0) is 9.53 Å². The molecule has 1 aromatic rings. The second-order valence-corrected chi connectivity index (χ2v) is 4.83. The molecule has 0 atom stereocenters. The molecule has 1 aliphatic heterocycles. The molecular weight excluding hydrogens is 298 g/mol. The number of ether oxygens (including phenoxy) is 2. The standard InChI is InChI=1S/C17H19NO5/c1-4-22-14-9-11(6-7-13(14)19)8-12-16(20)15(10(3)18-12)17(21)23-5-2/h6-9,19-20H,4-5H2,1-3H3/b12-8-. The van der Waals surface area contributed by atoms with Gasteiger partial charge in [-0.05, 0) is 44.5 Å². The minimum Gasteiger partial charge on any atom is -0.505 e. The van der Waals surface area contributed by atoms with Crippen molar-refractivity contribution in [2.75, 3.05) is 13.2 Å². The van der Waals surface area contributed by atoms with E-state index in [-0.39, 0.29) is 29.4 Å². The summed E-state index contributed by atoms with van der Waals surface area (Å²) in [5.41, 5.74) is 1.41. The van der Waals surface area contributed by atoms with Crippen LogP contribution in [0.25, 0.3) is 6.08 Å². The molecule has 0 saturated heterocycles. The van der Waals surface area contributed by atoms with E-state index in [9.17, 15) is 15.0 Å². The minimum atomic E-state index is -0.602. The van der Waals surface area contributed by atoms with E-state index < -0.39 is 5.97 Å². The van der Waals surface area contributed by atoms with E-state index in [1.807, 2.05) is 6.92 Å². The molecule has 2 N–H and O–H groups in total. The zero-order valence-corrected chi connectivity index (χ0v) is 13.3. The SMILES string of the molecule is CCOC(=O)C1=C(O)/C(=C/c2ccc(O)c(OCC)c2)N=C1C. The van der Waals surface area contributed by atoms with Crippen LogP contribution >= 0.6 is 0 Å². The maximum absolute atomic E-state index is 11.8. The molecule has 0 unspecified atom stereocenters. The topological polar surface area (TPSA) is 88.4 Å². The summed E-state index contributed by atoms with van der Waals surface area (Å²) >= 11 is 0. The van der Waals surface area contributed by atoms with Gasteiger partial charge >= 0.3 is 5.97 Å². The lowest BCUT2D eigenvalue weighted by Gasteiger charge is -2.06. The Morgan fingerprint density at radius 1 is 1.26 bits per heavy atom. The monoisotopic (exact) mass is 317 g/mol. The summed E-state index contributed by atoms with van der Waals surface area (Å²) in [4.78, 5) is 16.0. The number of rotatable bonds is 5. The summed E-state index contributed by atoms with van der Waals surface area (Å²) in [6.07, 6.45) is 1.60. The van der Waals surface area contributed by atoms with E-state index >= 15 is 0 Å². The fourth-order valence-electron chi connectivity index (χ4n) is 2.19. The number of phenolic OH excluding ortho intramolecular Hbond substituents is 1. The Kier molecular flexibility index (Phi) is 5.05. The third kappa shape index (κ3) is 3.53. The number of aliphatic hydroxyl groups excluding tert-OH is 1. The average molecular weight is 317 g/mol. The summed E-state index contributed by atoms with van der Waals surface area (Å²) < 4.78 is 10.2. The van der Waals surface area contributed by atoms with Crippen molar-refractivity contribution in [3.05, 3.63) is 40.8 Å². The highest BCUT2D eigenvalue weighted by Crippen LogP contribution is 2.30. The highest BCUT2D eigenvalue weighted by molar-refractivity contribution is 6.22. The van der Waals surface area contributed by atoms with Crippen molar-refractivity contribution in [1.82, 2.24) is 0 Å². The number of aliphatic hydroxyl groups is 1. The maximum atomic E-state index is 11.8. The Balaban J connectivity index is 2.37. The maximum Gasteiger partial charge on any atom is 0.343 e. The van der Waals surface area contributed by atoms with Crippen molar-refractivity contribution in [2.24, 2.45) is 4.99 Å². The van der Waals surface area contributed by atoms with Crippen LogP contribution in [0.5, 0.6) is 11.5 Å². The molecule has 122 valence electrons. The van der Waals surface area contributed by atoms with Gasteiger partial charge in [-0.15, -0.1) is 0 Å². The first-order valence-electron chi connectivity index (χ1n) is 7.31. The molecule has 0 radical (unpaired) electrons. The number of carbonyl (C=O) groups excluding carboxylic acids is 1. The van der Waals surface area contributed by atoms with Crippen LogP contribution in [0.2, 0.25) is 0 Å². The third-order valence-corrected chi connectivity index (χ3v) is 3.20. The number of phenols is 1. The predicted molar refractivity (Wildman–Crippen MR) is 86.6 cm³/mol. The highest BCUT2D eigenvalue weighted by Gasteiger charge is 2.27. The number of benzene rings is 1. The minimum absolute atomic E-state index is 0.0343. The van der Waals surface area contributed by atoms with Crippen LogP contribution in [0.3, 0.4) is 0 Å². The van der Waals surface area contributed by atoms with Crippen molar-refractivity contribution in [2.45, 2.75) is 20.8 Å². The zero-order chi connectivity index (χ0) is 17.0. The van der Waals surface area contributed by atoms with E-state index in [1.54, 1.807) is 32.1 Å². The van der Waals surface area contributed by atoms with Crippen molar-refractivity contribution < 1.29 is 24.5 Å². The Hall–Kier alpha value is -2.76. The number of nitrogens with zero attached hydrogens (tertiary/aromatic N) is 1. The molecule has 23 heavy (non-hydrogen) atoms. The normalized spacial score (nSPS) is 15.8. The van der Waals surface area contributed by atoms with Gasteiger partial charge in [0, 0.05) is 0 Å². The number of aliphatic imine (C=N–C) groups is 1. The van der Waals surface area contributed by atoms with Crippen molar-refractivity contribution in [3.63, 3.8) is 0 Å². The second-order valence-electron chi connectivity index (χ2n) is 4.83. The lowest BCUT2D eigenvalue weighted by molar-refractivity contribution is -0.138. The number of aromatic hydroxyl groups is 1. The molecular formula is C17H19NO5. The third-order valence-electron chi connectivity index (χ3n) is 3.20. The summed E-state index contributed by atoms with van der Waals surface area (Å²) in [6.45, 7) is 5.78. The molecule has 1 aliphatic rings. The Bertz CT molecular complexity index is 716. The predicted octanol–water partition coefficient (Wildman–Crippen LogP) is 2.98. The quantitative estimate of drug-likeness (QED) is 0.815. The Labute approximate surface area is 134 Å². The number of carbonyl (C=O) groups is 1. The molecule has 0 aliphatic carbocycles. The van der Waals surface area contributed by atoms with Gasteiger partial charge in [-0.2, -0.15) is 0 Å². The molecule has 0 aromatic heterocycles. The summed E-state index contributed by atoms with van der Waals surface area (Å²) in [6, 6.07) is 4.79. The van der Waals surface area contributed by atoms with Gasteiger partial charge in [0.25, 0.3) is 0 Å². The van der Waals surface area contributed by atoms with E-state index in [0.29, 0.717) is 23.6 Å².